The van der Waals surface area contributed by atoms with Gasteiger partial charge < -0.3 is 9.80 Å². The van der Waals surface area contributed by atoms with E-state index in [1.807, 2.05) is 12.1 Å². The molecule has 0 aliphatic carbocycles. The van der Waals surface area contributed by atoms with E-state index < -0.39 is 0 Å². The van der Waals surface area contributed by atoms with Gasteiger partial charge in [-0.25, -0.2) is 0 Å². The van der Waals surface area contributed by atoms with Gasteiger partial charge >= 0.3 is 0 Å². The minimum atomic E-state index is 0.0901. The van der Waals surface area contributed by atoms with E-state index >= 15 is 0 Å². The molecule has 2 nitrogen and oxygen atoms in total. The first-order valence-electron chi connectivity index (χ1n) is 9.04. The topological polar surface area (TPSA) is 6.48 Å². The summed E-state index contributed by atoms with van der Waals surface area (Å²) >= 11 is 6.62. The van der Waals surface area contributed by atoms with Gasteiger partial charge in [-0.2, -0.15) is 0 Å². The molecule has 0 unspecified atom stereocenters. The predicted octanol–water partition coefficient (Wildman–Crippen LogP) is 5.98. The fourth-order valence-electron chi connectivity index (χ4n) is 3.80. The summed E-state index contributed by atoms with van der Waals surface area (Å²) < 4.78 is 0. The number of halogens is 1. The standard InChI is InChI=1S/C23H23ClN2/c1-17-7-5-9-19(15-17)25-13-14-26(20-10-6-8-18(2)16-20)23(25)21-11-3-4-12-22(21)24/h3-12,15-16,23H,13-14H2,1-2H3. The molecule has 4 rings (SSSR count). The maximum Gasteiger partial charge on any atom is 0.130 e. The van der Waals surface area contributed by atoms with E-state index in [0.717, 1.165) is 23.7 Å². The molecule has 26 heavy (non-hydrogen) atoms. The van der Waals surface area contributed by atoms with Crippen molar-refractivity contribution in [3.8, 4) is 0 Å². The lowest BCUT2D eigenvalue weighted by Gasteiger charge is -2.34. The van der Waals surface area contributed by atoms with Gasteiger partial charge in [-0.05, 0) is 55.3 Å². The van der Waals surface area contributed by atoms with Crippen LogP contribution in [0.2, 0.25) is 5.02 Å². The molecule has 132 valence electrons. The van der Waals surface area contributed by atoms with Crippen molar-refractivity contribution < 1.29 is 0 Å². The molecule has 0 bridgehead atoms. The van der Waals surface area contributed by atoms with Crippen LogP contribution in [0.15, 0.2) is 72.8 Å². The molecule has 0 N–H and O–H groups in total. The van der Waals surface area contributed by atoms with Crippen molar-refractivity contribution in [2.75, 3.05) is 22.9 Å². The fraction of sp³-hybridized carbons (Fsp3) is 0.217. The Morgan fingerprint density at radius 3 is 1.77 bits per heavy atom. The van der Waals surface area contributed by atoms with E-state index in [9.17, 15) is 0 Å². The molecule has 1 heterocycles. The molecule has 3 aromatic rings. The third kappa shape index (κ3) is 3.17. The van der Waals surface area contributed by atoms with Crippen molar-refractivity contribution >= 4 is 23.0 Å². The molecule has 0 saturated carbocycles. The van der Waals surface area contributed by atoms with Gasteiger partial charge in [0, 0.05) is 35.1 Å². The highest BCUT2D eigenvalue weighted by Crippen LogP contribution is 2.40. The smallest absolute Gasteiger partial charge is 0.130 e. The van der Waals surface area contributed by atoms with Crippen molar-refractivity contribution in [3.05, 3.63) is 94.5 Å². The summed E-state index contributed by atoms with van der Waals surface area (Å²) in [7, 11) is 0. The highest BCUT2D eigenvalue weighted by molar-refractivity contribution is 6.31. The van der Waals surface area contributed by atoms with Crippen LogP contribution in [-0.2, 0) is 0 Å². The Labute approximate surface area is 160 Å². The minimum Gasteiger partial charge on any atom is -0.346 e. The van der Waals surface area contributed by atoms with Crippen molar-refractivity contribution in [2.45, 2.75) is 20.0 Å². The number of nitrogens with zero attached hydrogens (tertiary/aromatic N) is 2. The van der Waals surface area contributed by atoms with Crippen LogP contribution < -0.4 is 9.80 Å². The zero-order chi connectivity index (χ0) is 18.1. The molecule has 0 atom stereocenters. The molecule has 0 spiro atoms. The number of rotatable bonds is 3. The van der Waals surface area contributed by atoms with Crippen molar-refractivity contribution in [1.29, 1.82) is 0 Å². The van der Waals surface area contributed by atoms with Crippen molar-refractivity contribution in [1.82, 2.24) is 0 Å². The Morgan fingerprint density at radius 1 is 0.731 bits per heavy atom. The maximum atomic E-state index is 6.62. The van der Waals surface area contributed by atoms with E-state index in [2.05, 4.69) is 84.3 Å². The van der Waals surface area contributed by atoms with Crippen LogP contribution in [0.5, 0.6) is 0 Å². The van der Waals surface area contributed by atoms with Gasteiger partial charge in [0.2, 0.25) is 0 Å². The van der Waals surface area contributed by atoms with Crippen LogP contribution in [-0.4, -0.2) is 13.1 Å². The van der Waals surface area contributed by atoms with Gasteiger partial charge in [0.1, 0.15) is 6.17 Å². The van der Waals surface area contributed by atoms with Crippen LogP contribution >= 0.6 is 11.6 Å². The highest BCUT2D eigenvalue weighted by atomic mass is 35.5. The first-order chi connectivity index (χ1) is 12.6. The van der Waals surface area contributed by atoms with E-state index in [0.29, 0.717) is 0 Å². The van der Waals surface area contributed by atoms with Crippen LogP contribution in [0.1, 0.15) is 22.9 Å². The average molecular weight is 363 g/mol. The third-order valence-corrected chi connectivity index (χ3v) is 5.37. The zero-order valence-electron chi connectivity index (χ0n) is 15.2. The molecule has 3 heteroatoms. The second kappa shape index (κ2) is 7.05. The lowest BCUT2D eigenvalue weighted by atomic mass is 10.1. The van der Waals surface area contributed by atoms with Crippen LogP contribution in [0.4, 0.5) is 11.4 Å². The number of hydrogen-bond donors (Lipinski definition) is 0. The number of benzene rings is 3. The number of hydrogen-bond acceptors (Lipinski definition) is 2. The minimum absolute atomic E-state index is 0.0901. The Balaban J connectivity index is 1.82. The summed E-state index contributed by atoms with van der Waals surface area (Å²) in [6.07, 6.45) is 0.0901. The quantitative estimate of drug-likeness (QED) is 0.565. The van der Waals surface area contributed by atoms with Crippen molar-refractivity contribution in [3.63, 3.8) is 0 Å². The van der Waals surface area contributed by atoms with Crippen molar-refractivity contribution in [2.24, 2.45) is 0 Å². The Morgan fingerprint density at radius 2 is 1.27 bits per heavy atom. The molecule has 1 fully saturated rings. The molecule has 1 saturated heterocycles. The van der Waals surface area contributed by atoms with Gasteiger partial charge in [0.15, 0.2) is 0 Å². The lowest BCUT2D eigenvalue weighted by Crippen LogP contribution is -2.31. The largest absolute Gasteiger partial charge is 0.346 e. The van der Waals surface area contributed by atoms with Gasteiger partial charge in [0.25, 0.3) is 0 Å². The first kappa shape index (κ1) is 17.0. The Kier molecular flexibility index (Phi) is 4.60. The van der Waals surface area contributed by atoms with Crippen LogP contribution in [0.25, 0.3) is 0 Å². The molecule has 1 aliphatic rings. The lowest BCUT2D eigenvalue weighted by molar-refractivity contribution is 0.717. The number of aryl methyl sites for hydroxylation is 2. The van der Waals surface area contributed by atoms with E-state index in [1.54, 1.807) is 0 Å². The third-order valence-electron chi connectivity index (χ3n) is 5.02. The summed E-state index contributed by atoms with van der Waals surface area (Å²) in [5.74, 6) is 0. The van der Waals surface area contributed by atoms with Gasteiger partial charge in [0.05, 0.1) is 0 Å². The Bertz CT molecular complexity index is 868. The van der Waals surface area contributed by atoms with E-state index in [-0.39, 0.29) is 6.17 Å². The molecule has 0 aromatic heterocycles. The Hall–Kier alpha value is -2.45. The zero-order valence-corrected chi connectivity index (χ0v) is 15.9. The average Bonchev–Trinajstić information content (AvgIpc) is 3.07. The normalized spacial score (nSPS) is 14.9. The predicted molar refractivity (Wildman–Crippen MR) is 111 cm³/mol. The van der Waals surface area contributed by atoms with Gasteiger partial charge in [-0.1, -0.05) is 54.1 Å². The molecule has 0 amide bonds. The number of anilines is 2. The maximum absolute atomic E-state index is 6.62. The summed E-state index contributed by atoms with van der Waals surface area (Å²) in [4.78, 5) is 4.91. The van der Waals surface area contributed by atoms with Gasteiger partial charge in [-0.3, -0.25) is 0 Å². The van der Waals surface area contributed by atoms with E-state index in [4.69, 9.17) is 11.6 Å². The van der Waals surface area contributed by atoms with E-state index in [1.165, 1.54) is 22.5 Å². The SMILES string of the molecule is Cc1cccc(N2CCN(c3cccc(C)c3)C2c2ccccc2Cl)c1. The second-order valence-corrected chi connectivity index (χ2v) is 7.37. The van der Waals surface area contributed by atoms with Crippen LogP contribution in [0.3, 0.4) is 0 Å². The molecule has 3 aromatic carbocycles. The summed E-state index contributed by atoms with van der Waals surface area (Å²) in [5, 5.41) is 0.815. The van der Waals surface area contributed by atoms with Gasteiger partial charge in [-0.15, -0.1) is 0 Å². The molecular weight excluding hydrogens is 340 g/mol. The second-order valence-electron chi connectivity index (χ2n) is 6.96. The fourth-order valence-corrected chi connectivity index (χ4v) is 4.04. The molecule has 0 radical (unpaired) electrons. The summed E-state index contributed by atoms with van der Waals surface area (Å²) in [6, 6.07) is 25.6. The highest BCUT2D eigenvalue weighted by Gasteiger charge is 2.34. The monoisotopic (exact) mass is 362 g/mol. The summed E-state index contributed by atoms with van der Waals surface area (Å²) in [5.41, 5.74) is 6.17. The molecule has 1 aliphatic heterocycles. The molecular formula is C23H23ClN2. The first-order valence-corrected chi connectivity index (χ1v) is 9.42. The summed E-state index contributed by atoms with van der Waals surface area (Å²) in [6.45, 7) is 6.21. The van der Waals surface area contributed by atoms with Crippen LogP contribution in [0, 0.1) is 13.8 Å².